The van der Waals surface area contributed by atoms with Gasteiger partial charge in [-0.05, 0) is 59.7 Å². The van der Waals surface area contributed by atoms with Gasteiger partial charge in [-0.1, -0.05) is 24.3 Å². The number of carboxylic acid groups (broad SMARTS) is 2. The van der Waals surface area contributed by atoms with Gasteiger partial charge < -0.3 is 10.2 Å². The van der Waals surface area contributed by atoms with E-state index in [1.165, 1.54) is 72.8 Å². The Hall–Kier alpha value is -5.38. The van der Waals surface area contributed by atoms with Gasteiger partial charge >= 0.3 is 11.9 Å². The molecule has 0 fully saturated rings. The number of benzene rings is 3. The van der Waals surface area contributed by atoms with Gasteiger partial charge in [0.25, 0.3) is 11.8 Å². The van der Waals surface area contributed by atoms with Crippen LogP contribution in [-0.4, -0.2) is 45.8 Å². The molecule has 0 bridgehead atoms. The predicted octanol–water partition coefficient (Wildman–Crippen LogP) is 3.19. The van der Waals surface area contributed by atoms with Crippen LogP contribution in [0.5, 0.6) is 0 Å². The summed E-state index contributed by atoms with van der Waals surface area (Å²) in [5, 5.41) is 18.7. The zero-order chi connectivity index (χ0) is 26.9. The predicted molar refractivity (Wildman–Crippen MR) is 131 cm³/mol. The number of carboxylic acids is 2. The molecule has 4 amide bonds. The van der Waals surface area contributed by atoms with E-state index >= 15 is 0 Å². The highest BCUT2D eigenvalue weighted by atomic mass is 16.4. The molecule has 2 N–H and O–H groups in total. The normalized spacial score (nSPS) is 19.5. The van der Waals surface area contributed by atoms with E-state index in [1.54, 1.807) is 0 Å². The monoisotopic (exact) mass is 508 g/mol. The molecule has 2 unspecified atom stereocenters. The Morgan fingerprint density at radius 3 is 1.37 bits per heavy atom. The Labute approximate surface area is 214 Å². The summed E-state index contributed by atoms with van der Waals surface area (Å²) in [5.74, 6) is -7.03. The van der Waals surface area contributed by atoms with Gasteiger partial charge in [0.1, 0.15) is 0 Å². The fourth-order valence-electron chi connectivity index (χ4n) is 5.27. The summed E-state index contributed by atoms with van der Waals surface area (Å²) in [5.41, 5.74) is 0.804. The number of anilines is 2. The first kappa shape index (κ1) is 23.0. The van der Waals surface area contributed by atoms with Crippen LogP contribution < -0.4 is 9.80 Å². The molecule has 2 atom stereocenters. The van der Waals surface area contributed by atoms with E-state index in [0.29, 0.717) is 0 Å². The fraction of sp³-hybridized carbons (Fsp3) is 0.0714. The lowest BCUT2D eigenvalue weighted by Gasteiger charge is -2.40. The number of carbonyl (C=O) groups is 6. The molecule has 0 spiro atoms. The van der Waals surface area contributed by atoms with E-state index < -0.39 is 47.4 Å². The summed E-state index contributed by atoms with van der Waals surface area (Å²) in [7, 11) is 0. The molecule has 0 aromatic heterocycles. The summed E-state index contributed by atoms with van der Waals surface area (Å²) in [6.07, 6.45) is 3.01. The van der Waals surface area contributed by atoms with Gasteiger partial charge in [0, 0.05) is 11.1 Å². The summed E-state index contributed by atoms with van der Waals surface area (Å²) < 4.78 is 0. The smallest absolute Gasteiger partial charge is 0.335 e. The Morgan fingerprint density at radius 1 is 0.605 bits per heavy atom. The van der Waals surface area contributed by atoms with Crippen LogP contribution in [0.1, 0.15) is 64.4 Å². The van der Waals surface area contributed by atoms with E-state index in [4.69, 9.17) is 0 Å². The maximum atomic E-state index is 13.5. The number of aromatic carboxylic acids is 2. The van der Waals surface area contributed by atoms with Gasteiger partial charge in [-0.15, -0.1) is 0 Å². The van der Waals surface area contributed by atoms with Gasteiger partial charge in [0.2, 0.25) is 11.8 Å². The topological polar surface area (TPSA) is 149 Å². The van der Waals surface area contributed by atoms with Crippen LogP contribution in [0.25, 0.3) is 0 Å². The van der Waals surface area contributed by atoms with E-state index in [-0.39, 0.29) is 44.8 Å². The Bertz CT molecular complexity index is 1570. The average Bonchev–Trinajstić information content (AvgIpc) is 2.91. The molecule has 0 saturated carbocycles. The Kier molecular flexibility index (Phi) is 4.89. The highest BCUT2D eigenvalue weighted by Gasteiger charge is 2.48. The highest BCUT2D eigenvalue weighted by molar-refractivity contribution is 6.31. The van der Waals surface area contributed by atoms with Gasteiger partial charge in [-0.2, -0.15) is 0 Å². The summed E-state index contributed by atoms with van der Waals surface area (Å²) in [6, 6.07) is 13.7. The molecule has 1 aliphatic carbocycles. The van der Waals surface area contributed by atoms with Crippen LogP contribution in [0.4, 0.5) is 11.4 Å². The first-order valence-electron chi connectivity index (χ1n) is 11.5. The number of hydrogen-bond acceptors (Lipinski definition) is 6. The third-order valence-electron chi connectivity index (χ3n) is 6.95. The number of nitrogens with zero attached hydrogens (tertiary/aromatic N) is 2. The molecule has 2 heterocycles. The van der Waals surface area contributed by atoms with Crippen LogP contribution in [-0.2, 0) is 9.59 Å². The van der Waals surface area contributed by atoms with Gasteiger partial charge in [-0.25, -0.2) is 19.4 Å². The second-order valence-corrected chi connectivity index (χ2v) is 9.00. The molecule has 3 aromatic carbocycles. The first-order valence-corrected chi connectivity index (χ1v) is 11.5. The molecule has 0 saturated heterocycles. The van der Waals surface area contributed by atoms with Crippen LogP contribution in [0.3, 0.4) is 0 Å². The molecule has 10 nitrogen and oxygen atoms in total. The molecule has 2 aliphatic heterocycles. The fourth-order valence-corrected chi connectivity index (χ4v) is 5.27. The Morgan fingerprint density at radius 2 is 1.00 bits per heavy atom. The summed E-state index contributed by atoms with van der Waals surface area (Å²) in [4.78, 5) is 78.8. The zero-order valence-electron chi connectivity index (χ0n) is 19.3. The summed E-state index contributed by atoms with van der Waals surface area (Å²) >= 11 is 0. The molecule has 3 aromatic rings. The number of rotatable bonds is 4. The molecule has 0 radical (unpaired) electrons. The minimum absolute atomic E-state index is 0.0930. The number of carbonyl (C=O) groups excluding carboxylic acids is 4. The molecular weight excluding hydrogens is 492 g/mol. The highest BCUT2D eigenvalue weighted by Crippen LogP contribution is 2.46. The molecule has 3 aliphatic rings. The van der Waals surface area contributed by atoms with Crippen molar-refractivity contribution in [2.75, 3.05) is 9.80 Å². The molecular formula is C28H16N2O8. The van der Waals surface area contributed by atoms with Crippen molar-refractivity contribution in [3.05, 3.63) is 106 Å². The number of hydrogen-bond donors (Lipinski definition) is 2. The maximum Gasteiger partial charge on any atom is 0.335 e. The van der Waals surface area contributed by atoms with E-state index in [9.17, 15) is 39.0 Å². The molecule has 10 heteroatoms. The minimum atomic E-state index is -1.21. The lowest BCUT2D eigenvalue weighted by atomic mass is 9.72. The van der Waals surface area contributed by atoms with Gasteiger partial charge in [-0.3, -0.25) is 19.2 Å². The van der Waals surface area contributed by atoms with Gasteiger partial charge in [0.15, 0.2) is 0 Å². The molecule has 6 rings (SSSR count). The quantitative estimate of drug-likeness (QED) is 0.403. The van der Waals surface area contributed by atoms with E-state index in [0.717, 1.165) is 9.80 Å². The van der Waals surface area contributed by atoms with Crippen molar-refractivity contribution in [3.63, 3.8) is 0 Å². The lowest BCUT2D eigenvalue weighted by molar-refractivity contribution is -0.120. The first-order chi connectivity index (χ1) is 18.2. The van der Waals surface area contributed by atoms with Crippen molar-refractivity contribution in [1.29, 1.82) is 0 Å². The third-order valence-corrected chi connectivity index (χ3v) is 6.95. The molecule has 186 valence electrons. The van der Waals surface area contributed by atoms with Crippen LogP contribution in [0.15, 0.2) is 72.8 Å². The largest absolute Gasteiger partial charge is 0.478 e. The van der Waals surface area contributed by atoms with Gasteiger partial charge in [0.05, 0.1) is 34.3 Å². The van der Waals surface area contributed by atoms with E-state index in [1.807, 2.05) is 0 Å². The van der Waals surface area contributed by atoms with Crippen molar-refractivity contribution in [3.8, 4) is 0 Å². The van der Waals surface area contributed by atoms with Crippen LogP contribution >= 0.6 is 0 Å². The van der Waals surface area contributed by atoms with Crippen molar-refractivity contribution >= 4 is 46.9 Å². The van der Waals surface area contributed by atoms with E-state index in [2.05, 4.69) is 0 Å². The van der Waals surface area contributed by atoms with Crippen LogP contribution in [0, 0.1) is 0 Å². The second kappa shape index (κ2) is 8.07. The van der Waals surface area contributed by atoms with Crippen molar-refractivity contribution in [1.82, 2.24) is 0 Å². The Balaban J connectivity index is 1.48. The van der Waals surface area contributed by atoms with Crippen molar-refractivity contribution < 1.29 is 39.0 Å². The van der Waals surface area contributed by atoms with Crippen molar-refractivity contribution in [2.45, 2.75) is 11.8 Å². The second-order valence-electron chi connectivity index (χ2n) is 9.00. The van der Waals surface area contributed by atoms with Crippen molar-refractivity contribution in [2.24, 2.45) is 0 Å². The number of imide groups is 2. The lowest BCUT2D eigenvalue weighted by Crippen LogP contribution is -2.50. The SMILES string of the molecule is O=C(O)c1cccc(N2C(=O)c3ccc4c5c3C(C=CC5C(=O)N(c3cccc(C(=O)O)c3)C4=O)C2=O)c1. The maximum absolute atomic E-state index is 13.5. The molecule has 38 heavy (non-hydrogen) atoms. The minimum Gasteiger partial charge on any atom is -0.478 e. The standard InChI is InChI=1S/C28H16N2O8/c31-23-17-7-9-19-22-20(26(34)30(25(19)33)16-6-2-4-14(12-16)28(37)38)10-8-18(21(17)22)24(32)29(23)15-5-1-3-13(11-15)27(35)36/h1-12,17,19H,(H,35,36)(H,37,38). The zero-order valence-corrected chi connectivity index (χ0v) is 19.3. The number of amides is 4. The van der Waals surface area contributed by atoms with Crippen LogP contribution in [0.2, 0.25) is 0 Å². The third kappa shape index (κ3) is 3.13. The average molecular weight is 508 g/mol. The summed E-state index contributed by atoms with van der Waals surface area (Å²) in [6.45, 7) is 0.